The average molecular weight is 449 g/mol. The molecular weight excluding hydrogens is 425 g/mol. The first kappa shape index (κ1) is 21.3. The summed E-state index contributed by atoms with van der Waals surface area (Å²) in [6.45, 7) is 4.41. The van der Waals surface area contributed by atoms with E-state index < -0.39 is 17.3 Å². The summed E-state index contributed by atoms with van der Waals surface area (Å²) in [4.78, 5) is 29.4. The Morgan fingerprint density at radius 3 is 2.73 bits per heavy atom. The molecule has 1 unspecified atom stereocenters. The highest BCUT2D eigenvalue weighted by molar-refractivity contribution is 5.92. The Morgan fingerprint density at radius 1 is 1.30 bits per heavy atom. The van der Waals surface area contributed by atoms with Crippen molar-refractivity contribution in [3.8, 4) is 11.3 Å². The van der Waals surface area contributed by atoms with Gasteiger partial charge in [0.25, 0.3) is 0 Å². The number of Topliss-reactive ketones (excluding diaryl/α,β-unsaturated/α-hetero) is 1. The van der Waals surface area contributed by atoms with E-state index >= 15 is 4.39 Å². The Bertz CT molecular complexity index is 1350. The number of rotatable bonds is 5. The van der Waals surface area contributed by atoms with Crippen molar-refractivity contribution in [2.75, 3.05) is 18.0 Å². The second-order valence-corrected chi connectivity index (χ2v) is 8.87. The number of carbonyl (C=O) groups is 2. The van der Waals surface area contributed by atoms with Crippen LogP contribution >= 0.6 is 0 Å². The van der Waals surface area contributed by atoms with E-state index in [1.54, 1.807) is 28.8 Å². The number of carboxylic acids is 1. The number of aliphatic carboxylic acids is 1. The van der Waals surface area contributed by atoms with Crippen LogP contribution in [0, 0.1) is 11.7 Å². The smallest absolute Gasteiger partial charge is 0.331 e. The van der Waals surface area contributed by atoms with Gasteiger partial charge in [-0.05, 0) is 37.1 Å². The molecule has 1 saturated heterocycles. The number of nitrogens with two attached hydrogens (primary N) is 1. The standard InChI is InChI=1S/C24H24FN5O3/c1-3-16-8-20(13(2)31)27-22-9-21(28-30(16)22)18-5-4-17(7-19(18)25)29-11-15-6-14(23(32)33)10-24(15,26)12-29/h4-5,7-10,15H,3,6,11-12,26H2,1-2H3,(H,32,33)/t15?,24-/m0/s1. The number of halogens is 1. The van der Waals surface area contributed by atoms with Crippen LogP contribution in [0.5, 0.6) is 0 Å². The molecule has 170 valence electrons. The number of hydrogen-bond donors (Lipinski definition) is 2. The molecule has 9 heteroatoms. The van der Waals surface area contributed by atoms with Crippen LogP contribution in [-0.2, 0) is 11.2 Å². The zero-order chi connectivity index (χ0) is 23.5. The SMILES string of the molecule is CCc1cc(C(C)=O)nc2cc(-c3ccc(N4CC5CC(C(=O)O)=C[C@]5(N)C4)cc3F)nn12. The highest BCUT2D eigenvalue weighted by atomic mass is 19.1. The molecule has 0 radical (unpaired) electrons. The van der Waals surface area contributed by atoms with Gasteiger partial charge in [0.15, 0.2) is 11.4 Å². The molecule has 5 rings (SSSR count). The van der Waals surface area contributed by atoms with E-state index in [1.165, 1.54) is 13.0 Å². The largest absolute Gasteiger partial charge is 0.478 e. The van der Waals surface area contributed by atoms with Gasteiger partial charge in [0.05, 0.1) is 11.2 Å². The molecule has 3 aromatic rings. The van der Waals surface area contributed by atoms with Crippen molar-refractivity contribution in [2.45, 2.75) is 32.2 Å². The minimum absolute atomic E-state index is 0.0150. The van der Waals surface area contributed by atoms with Gasteiger partial charge in [-0.3, -0.25) is 4.79 Å². The summed E-state index contributed by atoms with van der Waals surface area (Å²) in [5.74, 6) is -1.51. The summed E-state index contributed by atoms with van der Waals surface area (Å²) in [5, 5.41) is 13.8. The fourth-order valence-electron chi connectivity index (χ4n) is 4.88. The van der Waals surface area contributed by atoms with Gasteiger partial charge in [0.1, 0.15) is 11.5 Å². The van der Waals surface area contributed by atoms with Gasteiger partial charge in [-0.1, -0.05) is 13.0 Å². The van der Waals surface area contributed by atoms with Crippen molar-refractivity contribution in [3.63, 3.8) is 0 Å². The van der Waals surface area contributed by atoms with Gasteiger partial charge in [-0.2, -0.15) is 5.10 Å². The number of benzene rings is 1. The normalized spacial score (nSPS) is 22.0. The van der Waals surface area contributed by atoms with Crippen LogP contribution in [0.3, 0.4) is 0 Å². The number of carbonyl (C=O) groups excluding carboxylic acids is 1. The third-order valence-corrected chi connectivity index (χ3v) is 6.67. The fourth-order valence-corrected chi connectivity index (χ4v) is 4.88. The molecule has 0 spiro atoms. The first-order chi connectivity index (χ1) is 15.7. The number of hydrogen-bond acceptors (Lipinski definition) is 6. The summed E-state index contributed by atoms with van der Waals surface area (Å²) >= 11 is 0. The monoisotopic (exact) mass is 449 g/mol. The molecule has 0 amide bonds. The predicted molar refractivity (Wildman–Crippen MR) is 121 cm³/mol. The second-order valence-electron chi connectivity index (χ2n) is 8.87. The number of ketones is 1. The van der Waals surface area contributed by atoms with Gasteiger partial charge in [-0.15, -0.1) is 0 Å². The molecular formula is C24H24FN5O3. The molecule has 0 bridgehead atoms. The minimum Gasteiger partial charge on any atom is -0.478 e. The molecule has 33 heavy (non-hydrogen) atoms. The van der Waals surface area contributed by atoms with Crippen LogP contribution in [0.2, 0.25) is 0 Å². The fraction of sp³-hybridized carbons (Fsp3) is 0.333. The number of carboxylic acid groups (broad SMARTS) is 1. The van der Waals surface area contributed by atoms with Crippen LogP contribution in [0.15, 0.2) is 42.0 Å². The summed E-state index contributed by atoms with van der Waals surface area (Å²) in [6.07, 6.45) is 2.71. The Hall–Kier alpha value is -3.59. The van der Waals surface area contributed by atoms with Crippen molar-refractivity contribution < 1.29 is 19.1 Å². The van der Waals surface area contributed by atoms with Gasteiger partial charge in [0, 0.05) is 54.5 Å². The predicted octanol–water partition coefficient (Wildman–Crippen LogP) is 2.85. The molecule has 1 fully saturated rings. The third-order valence-electron chi connectivity index (χ3n) is 6.67. The Labute approximate surface area is 189 Å². The number of fused-ring (bicyclic) bond motifs is 2. The van der Waals surface area contributed by atoms with Gasteiger partial charge in [0.2, 0.25) is 0 Å². The lowest BCUT2D eigenvalue weighted by Crippen LogP contribution is -2.43. The molecule has 1 aliphatic heterocycles. The molecule has 0 saturated carbocycles. The maximum absolute atomic E-state index is 15.2. The van der Waals surface area contributed by atoms with Crippen LogP contribution in [0.25, 0.3) is 16.9 Å². The molecule has 8 nitrogen and oxygen atoms in total. The van der Waals surface area contributed by atoms with Crippen molar-refractivity contribution >= 4 is 23.1 Å². The van der Waals surface area contributed by atoms with E-state index in [4.69, 9.17) is 5.73 Å². The summed E-state index contributed by atoms with van der Waals surface area (Å²) in [5.41, 5.74) is 9.23. The number of nitrogens with zero attached hydrogens (tertiary/aromatic N) is 4. The van der Waals surface area contributed by atoms with Crippen LogP contribution in [-0.4, -0.2) is 50.1 Å². The zero-order valence-electron chi connectivity index (χ0n) is 18.4. The van der Waals surface area contributed by atoms with Crippen molar-refractivity contribution in [1.82, 2.24) is 14.6 Å². The topological polar surface area (TPSA) is 114 Å². The van der Waals surface area contributed by atoms with E-state index in [1.807, 2.05) is 17.9 Å². The lowest BCUT2D eigenvalue weighted by Gasteiger charge is -2.22. The van der Waals surface area contributed by atoms with E-state index in [2.05, 4.69) is 10.1 Å². The highest BCUT2D eigenvalue weighted by Gasteiger charge is 2.47. The first-order valence-corrected chi connectivity index (χ1v) is 10.9. The van der Waals surface area contributed by atoms with Crippen molar-refractivity contribution in [2.24, 2.45) is 11.7 Å². The second kappa shape index (κ2) is 7.48. The highest BCUT2D eigenvalue weighted by Crippen LogP contribution is 2.41. The lowest BCUT2D eigenvalue weighted by atomic mass is 9.92. The Kier molecular flexibility index (Phi) is 4.82. The average Bonchev–Trinajstić information content (AvgIpc) is 3.42. The zero-order valence-corrected chi connectivity index (χ0v) is 18.4. The van der Waals surface area contributed by atoms with Crippen LogP contribution < -0.4 is 10.6 Å². The molecule has 3 N–H and O–H groups in total. The minimum atomic E-state index is -0.931. The summed E-state index contributed by atoms with van der Waals surface area (Å²) in [7, 11) is 0. The van der Waals surface area contributed by atoms with E-state index in [-0.39, 0.29) is 11.7 Å². The van der Waals surface area contributed by atoms with Crippen LogP contribution in [0.4, 0.5) is 10.1 Å². The molecule has 2 aliphatic rings. The van der Waals surface area contributed by atoms with Gasteiger partial charge in [-0.25, -0.2) is 18.7 Å². The maximum Gasteiger partial charge on any atom is 0.331 e. The molecule has 3 heterocycles. The molecule has 2 aromatic heterocycles. The number of aromatic nitrogens is 3. The van der Waals surface area contributed by atoms with E-state index in [0.29, 0.717) is 59.8 Å². The lowest BCUT2D eigenvalue weighted by molar-refractivity contribution is -0.132. The van der Waals surface area contributed by atoms with E-state index in [9.17, 15) is 14.7 Å². The van der Waals surface area contributed by atoms with Gasteiger partial charge >= 0.3 is 5.97 Å². The maximum atomic E-state index is 15.2. The van der Waals surface area contributed by atoms with Gasteiger partial charge < -0.3 is 15.7 Å². The number of anilines is 1. The van der Waals surface area contributed by atoms with E-state index in [0.717, 1.165) is 5.69 Å². The Balaban J connectivity index is 1.45. The molecule has 1 aromatic carbocycles. The quantitative estimate of drug-likeness (QED) is 0.576. The molecule has 2 atom stereocenters. The first-order valence-electron chi connectivity index (χ1n) is 10.9. The third kappa shape index (κ3) is 3.48. The summed E-state index contributed by atoms with van der Waals surface area (Å²) in [6, 6.07) is 8.35. The van der Waals surface area contributed by atoms with Crippen molar-refractivity contribution in [3.05, 3.63) is 59.2 Å². The number of aryl methyl sites for hydroxylation is 1. The Morgan fingerprint density at radius 2 is 2.09 bits per heavy atom. The van der Waals surface area contributed by atoms with Crippen molar-refractivity contribution in [1.29, 1.82) is 0 Å². The van der Waals surface area contributed by atoms with Crippen LogP contribution in [0.1, 0.15) is 36.5 Å². The molecule has 1 aliphatic carbocycles. The summed E-state index contributed by atoms with van der Waals surface area (Å²) < 4.78 is 16.8.